The van der Waals surface area contributed by atoms with Gasteiger partial charge in [-0.2, -0.15) is 0 Å². The van der Waals surface area contributed by atoms with Crippen molar-refractivity contribution in [3.8, 4) is 10.6 Å². The molecule has 90 valence electrons. The molecule has 2 heterocycles. The van der Waals surface area contributed by atoms with Crippen LogP contribution in [-0.2, 0) is 0 Å². The lowest BCUT2D eigenvalue weighted by Gasteiger charge is -1.94. The predicted molar refractivity (Wildman–Crippen MR) is 70.4 cm³/mol. The minimum atomic E-state index is -0.292. The van der Waals surface area contributed by atoms with Crippen LogP contribution in [0.4, 0.5) is 4.39 Å². The molecule has 3 rings (SSSR count). The number of thiazole rings is 1. The van der Waals surface area contributed by atoms with Crippen molar-refractivity contribution in [3.05, 3.63) is 41.1 Å². The molecule has 0 fully saturated rings. The standard InChI is InChI=1S/C12H7ClFN3S/c1-6-15-10(13)9-12(16-6)18-11(17-9)7-3-2-4-8(14)5-7/h2-5H,1H3. The molecule has 0 unspecified atom stereocenters. The van der Waals surface area contributed by atoms with Crippen molar-refractivity contribution in [3.63, 3.8) is 0 Å². The Kier molecular flexibility index (Phi) is 2.72. The fraction of sp³-hybridized carbons (Fsp3) is 0.0833. The van der Waals surface area contributed by atoms with Gasteiger partial charge in [0, 0.05) is 5.56 Å². The summed E-state index contributed by atoms with van der Waals surface area (Å²) in [4.78, 5) is 13.4. The van der Waals surface area contributed by atoms with Gasteiger partial charge >= 0.3 is 0 Å². The summed E-state index contributed by atoms with van der Waals surface area (Å²) >= 11 is 7.39. The van der Waals surface area contributed by atoms with Crippen molar-refractivity contribution in [2.24, 2.45) is 0 Å². The maximum absolute atomic E-state index is 13.2. The van der Waals surface area contributed by atoms with E-state index < -0.39 is 0 Å². The quantitative estimate of drug-likeness (QED) is 0.635. The van der Waals surface area contributed by atoms with Gasteiger partial charge in [-0.25, -0.2) is 19.3 Å². The predicted octanol–water partition coefficient (Wildman–Crippen LogP) is 3.85. The molecule has 0 aliphatic heterocycles. The maximum Gasteiger partial charge on any atom is 0.159 e. The second-order valence-corrected chi connectivity index (χ2v) is 5.08. The second-order valence-electron chi connectivity index (χ2n) is 3.74. The number of hydrogen-bond acceptors (Lipinski definition) is 4. The SMILES string of the molecule is Cc1nc(Cl)c2nc(-c3cccc(F)c3)sc2n1. The monoisotopic (exact) mass is 279 g/mol. The molecule has 3 nitrogen and oxygen atoms in total. The van der Waals surface area contributed by atoms with Crippen molar-refractivity contribution in [1.82, 2.24) is 15.0 Å². The Hall–Kier alpha value is -1.59. The molecule has 6 heteroatoms. The number of fused-ring (bicyclic) bond motifs is 1. The topological polar surface area (TPSA) is 38.7 Å². The lowest BCUT2D eigenvalue weighted by Crippen LogP contribution is -1.87. The average molecular weight is 280 g/mol. The fourth-order valence-corrected chi connectivity index (χ4v) is 2.93. The van der Waals surface area contributed by atoms with E-state index in [2.05, 4.69) is 15.0 Å². The van der Waals surface area contributed by atoms with E-state index >= 15 is 0 Å². The largest absolute Gasteiger partial charge is 0.231 e. The Balaban J connectivity index is 2.22. The van der Waals surface area contributed by atoms with Gasteiger partial charge in [0.15, 0.2) is 5.15 Å². The first-order valence-corrected chi connectivity index (χ1v) is 6.39. The lowest BCUT2D eigenvalue weighted by molar-refractivity contribution is 0.628. The van der Waals surface area contributed by atoms with Gasteiger partial charge in [0.25, 0.3) is 0 Å². The van der Waals surface area contributed by atoms with Crippen LogP contribution in [0.1, 0.15) is 5.82 Å². The Labute approximate surface area is 111 Å². The third-order valence-corrected chi connectivity index (χ3v) is 3.66. The van der Waals surface area contributed by atoms with Gasteiger partial charge in [-0.05, 0) is 19.1 Å². The van der Waals surface area contributed by atoms with Crippen molar-refractivity contribution in [1.29, 1.82) is 0 Å². The van der Waals surface area contributed by atoms with Crippen LogP contribution in [0.15, 0.2) is 24.3 Å². The van der Waals surface area contributed by atoms with E-state index in [4.69, 9.17) is 11.6 Å². The fourth-order valence-electron chi connectivity index (χ4n) is 1.63. The average Bonchev–Trinajstić information content (AvgIpc) is 2.73. The van der Waals surface area contributed by atoms with Crippen molar-refractivity contribution in [2.45, 2.75) is 6.92 Å². The smallest absolute Gasteiger partial charge is 0.159 e. The van der Waals surface area contributed by atoms with E-state index in [1.807, 2.05) is 0 Å². The molecule has 0 N–H and O–H groups in total. The number of halogens is 2. The number of hydrogen-bond donors (Lipinski definition) is 0. The highest BCUT2D eigenvalue weighted by atomic mass is 35.5. The molecule has 2 aromatic heterocycles. The van der Waals surface area contributed by atoms with Crippen LogP contribution in [0.25, 0.3) is 20.9 Å². The first-order valence-electron chi connectivity index (χ1n) is 5.20. The Bertz CT molecular complexity index is 741. The summed E-state index contributed by atoms with van der Waals surface area (Å²) in [5, 5.41) is 1.02. The number of aromatic nitrogens is 3. The third-order valence-electron chi connectivity index (χ3n) is 2.40. The third kappa shape index (κ3) is 1.95. The molecule has 3 aromatic rings. The minimum absolute atomic E-state index is 0.292. The van der Waals surface area contributed by atoms with Gasteiger partial charge in [0.2, 0.25) is 0 Å². The summed E-state index contributed by atoms with van der Waals surface area (Å²) in [6, 6.07) is 6.28. The second kappa shape index (κ2) is 4.26. The normalized spacial score (nSPS) is 11.1. The highest BCUT2D eigenvalue weighted by Gasteiger charge is 2.12. The molecule has 1 aromatic carbocycles. The Morgan fingerprint density at radius 2 is 2.06 bits per heavy atom. The molecular formula is C12H7ClFN3S. The van der Waals surface area contributed by atoms with Crippen molar-refractivity contribution < 1.29 is 4.39 Å². The van der Waals surface area contributed by atoms with Gasteiger partial charge in [0.05, 0.1) is 0 Å². The van der Waals surface area contributed by atoms with E-state index in [9.17, 15) is 4.39 Å². The molecule has 0 radical (unpaired) electrons. The van der Waals surface area contributed by atoms with Crippen LogP contribution >= 0.6 is 22.9 Å². The van der Waals surface area contributed by atoms with Crippen LogP contribution in [0, 0.1) is 12.7 Å². The molecular weight excluding hydrogens is 273 g/mol. The summed E-state index contributed by atoms with van der Waals surface area (Å²) < 4.78 is 13.2. The molecule has 0 spiro atoms. The number of aryl methyl sites for hydroxylation is 1. The van der Waals surface area contributed by atoms with Crippen LogP contribution in [0.3, 0.4) is 0 Å². The summed E-state index contributed by atoms with van der Waals surface area (Å²) in [5.74, 6) is 0.307. The number of rotatable bonds is 1. The molecule has 18 heavy (non-hydrogen) atoms. The zero-order valence-electron chi connectivity index (χ0n) is 9.32. The zero-order valence-corrected chi connectivity index (χ0v) is 10.9. The van der Waals surface area contributed by atoms with E-state index in [1.54, 1.807) is 19.1 Å². The molecule has 0 aliphatic rings. The van der Waals surface area contributed by atoms with Crippen LogP contribution < -0.4 is 0 Å². The molecule has 0 aliphatic carbocycles. The van der Waals surface area contributed by atoms with E-state index in [-0.39, 0.29) is 5.82 Å². The maximum atomic E-state index is 13.2. The zero-order chi connectivity index (χ0) is 12.7. The first kappa shape index (κ1) is 11.5. The van der Waals surface area contributed by atoms with Gasteiger partial charge in [-0.3, -0.25) is 0 Å². The summed E-state index contributed by atoms with van der Waals surface area (Å²) in [6.07, 6.45) is 0. The highest BCUT2D eigenvalue weighted by molar-refractivity contribution is 7.21. The first-order chi connectivity index (χ1) is 8.63. The van der Waals surface area contributed by atoms with Gasteiger partial charge in [0.1, 0.15) is 27.0 Å². The van der Waals surface area contributed by atoms with Gasteiger partial charge in [-0.15, -0.1) is 0 Å². The summed E-state index contributed by atoms with van der Waals surface area (Å²) in [7, 11) is 0. The highest BCUT2D eigenvalue weighted by Crippen LogP contribution is 2.31. The molecule has 0 amide bonds. The van der Waals surface area contributed by atoms with Crippen molar-refractivity contribution in [2.75, 3.05) is 0 Å². The van der Waals surface area contributed by atoms with Crippen LogP contribution in [0.5, 0.6) is 0 Å². The summed E-state index contributed by atoms with van der Waals surface area (Å²) in [5.41, 5.74) is 1.28. The minimum Gasteiger partial charge on any atom is -0.231 e. The number of nitrogens with zero attached hydrogens (tertiary/aromatic N) is 3. The molecule has 0 saturated carbocycles. The van der Waals surface area contributed by atoms with Crippen molar-refractivity contribution >= 4 is 33.3 Å². The molecule has 0 bridgehead atoms. The van der Waals surface area contributed by atoms with Crippen LogP contribution in [0.2, 0.25) is 5.15 Å². The van der Waals surface area contributed by atoms with Crippen LogP contribution in [-0.4, -0.2) is 15.0 Å². The van der Waals surface area contributed by atoms with E-state index in [0.29, 0.717) is 31.9 Å². The van der Waals surface area contributed by atoms with E-state index in [1.165, 1.54) is 23.5 Å². The molecule has 0 atom stereocenters. The Morgan fingerprint density at radius 1 is 1.22 bits per heavy atom. The van der Waals surface area contributed by atoms with E-state index in [0.717, 1.165) is 0 Å². The number of benzene rings is 1. The van der Waals surface area contributed by atoms with Gasteiger partial charge in [-0.1, -0.05) is 35.1 Å². The molecule has 0 saturated heterocycles. The Morgan fingerprint density at radius 3 is 2.83 bits per heavy atom. The lowest BCUT2D eigenvalue weighted by atomic mass is 10.2. The summed E-state index contributed by atoms with van der Waals surface area (Å²) in [6.45, 7) is 1.77. The van der Waals surface area contributed by atoms with Gasteiger partial charge < -0.3 is 0 Å².